The number of rotatable bonds is 14. The number of thioether (sulfide) groups is 1. The molecule has 3 saturated heterocycles. The number of urea groups is 1. The fraction of sp³-hybridized carbons (Fsp3) is 0.393. The molecule has 0 bridgehead atoms. The number of benzene rings is 1. The summed E-state index contributed by atoms with van der Waals surface area (Å²) in [6.07, 6.45) is -1.31. The number of phenolic OH excluding ortho intramolecular Hbond substituents is 2. The Labute approximate surface area is 294 Å². The molecular weight excluding hydrogens is 726 g/mol. The van der Waals surface area contributed by atoms with Gasteiger partial charge in [-0.05, 0) is 18.6 Å². The summed E-state index contributed by atoms with van der Waals surface area (Å²) in [5, 5.41) is 43.6. The molecule has 3 fully saturated rings. The zero-order valence-electron chi connectivity index (χ0n) is 25.8. The molecule has 1 aromatic carbocycles. The van der Waals surface area contributed by atoms with E-state index in [0.29, 0.717) is 11.4 Å². The lowest BCUT2D eigenvalue weighted by molar-refractivity contribution is -0.154. The van der Waals surface area contributed by atoms with Crippen LogP contribution in [0, 0.1) is 5.92 Å². The van der Waals surface area contributed by atoms with Crippen molar-refractivity contribution in [2.24, 2.45) is 11.1 Å². The van der Waals surface area contributed by atoms with E-state index in [4.69, 9.17) is 22.2 Å². The average molecular weight is 754 g/mol. The number of carbonyl (C=O) groups excluding carboxylic acids is 5. The summed E-state index contributed by atoms with van der Waals surface area (Å²) in [6, 6.07) is 0.918. The maximum absolute atomic E-state index is 13.5. The number of Topliss-reactive ketones (excluding diaryl/α,β-unsaturated/α-hetero) is 2. The van der Waals surface area contributed by atoms with Crippen LogP contribution in [0.5, 0.6) is 11.5 Å². The first-order chi connectivity index (χ1) is 23.6. The third kappa shape index (κ3) is 6.45. The minimum Gasteiger partial charge on any atom is -0.504 e. The van der Waals surface area contributed by atoms with Gasteiger partial charge in [-0.3, -0.25) is 29.5 Å². The van der Waals surface area contributed by atoms with Gasteiger partial charge in [0.1, 0.15) is 5.69 Å². The van der Waals surface area contributed by atoms with Gasteiger partial charge in [-0.1, -0.05) is 41.9 Å². The minimum absolute atomic E-state index is 0.00603. The highest BCUT2D eigenvalue weighted by molar-refractivity contribution is 8.02. The van der Waals surface area contributed by atoms with Gasteiger partial charge in [0.25, 0.3) is 5.78 Å². The number of hydrazine groups is 1. The number of fused-ring (bicyclic) bond motifs is 1. The number of nitrogens with one attached hydrogen (secondary N) is 1. The quantitative estimate of drug-likeness (QED) is 0.0386. The van der Waals surface area contributed by atoms with E-state index in [1.54, 1.807) is 6.92 Å². The Hall–Kier alpha value is -5.15. The van der Waals surface area contributed by atoms with Crippen LogP contribution >= 0.6 is 34.7 Å². The molecule has 1 aromatic heterocycles. The zero-order valence-corrected chi connectivity index (χ0v) is 28.2. The van der Waals surface area contributed by atoms with Crippen LogP contribution in [0.2, 0.25) is 5.02 Å². The van der Waals surface area contributed by atoms with Crippen molar-refractivity contribution in [1.29, 1.82) is 0 Å². The summed E-state index contributed by atoms with van der Waals surface area (Å²) in [6.45, 7) is 0.774. The predicted molar refractivity (Wildman–Crippen MR) is 173 cm³/mol. The summed E-state index contributed by atoms with van der Waals surface area (Å²) in [7, 11) is 0. The molecule has 7 N–H and O–H groups in total. The van der Waals surface area contributed by atoms with Gasteiger partial charge in [-0.25, -0.2) is 24.4 Å². The largest absolute Gasteiger partial charge is 0.504 e. The number of aromatic hydroxyl groups is 2. The van der Waals surface area contributed by atoms with Gasteiger partial charge >= 0.3 is 23.9 Å². The number of nitrogens with zero attached hydrogens (tertiary/aromatic N) is 5. The third-order valence-electron chi connectivity index (χ3n) is 8.05. The molecule has 0 radical (unpaired) electrons. The number of nitrogens with two attached hydrogens (primary N) is 1. The Morgan fingerprint density at radius 1 is 1.20 bits per heavy atom. The van der Waals surface area contributed by atoms with Crippen LogP contribution < -0.4 is 11.2 Å². The fourth-order valence-corrected chi connectivity index (χ4v) is 7.97. The molecule has 0 aliphatic carbocycles. The van der Waals surface area contributed by atoms with Crippen LogP contribution in [0.1, 0.15) is 42.2 Å². The lowest BCUT2D eigenvalue weighted by atomic mass is 9.90. The lowest BCUT2D eigenvalue weighted by Crippen LogP contribution is -2.60. The summed E-state index contributed by atoms with van der Waals surface area (Å²) < 4.78 is 0. The first-order valence-corrected chi connectivity index (χ1v) is 16.8. The average Bonchev–Trinajstić information content (AvgIpc) is 3.77. The second-order valence-electron chi connectivity index (χ2n) is 11.2. The molecule has 266 valence electrons. The lowest BCUT2D eigenvalue weighted by Gasteiger charge is -2.40. The number of carbonyl (C=O) groups is 7. The molecule has 3 aliphatic rings. The van der Waals surface area contributed by atoms with Crippen LogP contribution in [0.3, 0.4) is 0 Å². The van der Waals surface area contributed by atoms with E-state index >= 15 is 0 Å². The van der Waals surface area contributed by atoms with Crippen LogP contribution in [-0.2, 0) is 28.8 Å². The minimum atomic E-state index is -2.04. The van der Waals surface area contributed by atoms with E-state index in [-0.39, 0.29) is 36.0 Å². The summed E-state index contributed by atoms with van der Waals surface area (Å²) >= 11 is 7.60. The third-order valence-corrected chi connectivity index (χ3v) is 10.8. The molecule has 1 unspecified atom stereocenters. The molecule has 2 aromatic rings. The maximum atomic E-state index is 13.5. The number of amides is 4. The van der Waals surface area contributed by atoms with Crippen LogP contribution in [-0.4, -0.2) is 123 Å². The monoisotopic (exact) mass is 753 g/mol. The first kappa shape index (κ1) is 36.1. The highest BCUT2D eigenvalue weighted by atomic mass is 35.5. The number of nitrogen functional groups attached to an aromatic ring is 1. The number of carboxylic acids is 2. The highest BCUT2D eigenvalue weighted by Crippen LogP contribution is 2.53. The standard InChI is InChI=1S/C28H28ClN7O12S2/c1-2-3-16(24(43)44)48-33-18(13-9-49-26(30)31-13)15(38)8-12-22(42)34-10-28(25(45)46,50-23(12)34)35-6-7-36(27(35)47)32-21(41)19(39)11-4-5-14(37)20(40)17(11)29/h4-5,9,12,16,23,37,40H,2-3,6-8,10H2,1H3,(H2,30,31)(H,32,41)(H,43,44)(H,45,46)/b33-18-/t12?,16-,23+,28+/m0/s1. The Morgan fingerprint density at radius 3 is 2.54 bits per heavy atom. The molecule has 3 aliphatic heterocycles. The molecule has 4 atom stereocenters. The SMILES string of the molecule is CCC[C@H](O/N=C(\C(=O)CC1C(=O)N2C[C@@](C(=O)O)(N3CCN(NC(=O)C(=O)c4ccc(O)c(O)c4Cl)C3=O)S[C@H]12)c1csc(N)n1)C(=O)O. The van der Waals surface area contributed by atoms with E-state index in [0.717, 1.165) is 40.1 Å². The number of phenols is 2. The second kappa shape index (κ2) is 14.0. The van der Waals surface area contributed by atoms with Gasteiger partial charge in [0, 0.05) is 18.3 Å². The second-order valence-corrected chi connectivity index (χ2v) is 13.8. The smallest absolute Gasteiger partial charge is 0.347 e. The van der Waals surface area contributed by atoms with Crippen molar-refractivity contribution in [3.63, 3.8) is 0 Å². The first-order valence-electron chi connectivity index (χ1n) is 14.7. The van der Waals surface area contributed by atoms with E-state index in [1.807, 2.05) is 0 Å². The zero-order chi connectivity index (χ0) is 36.7. The molecule has 50 heavy (non-hydrogen) atoms. The topological polar surface area (TPSA) is 283 Å². The van der Waals surface area contributed by atoms with Crippen LogP contribution in [0.4, 0.5) is 9.93 Å². The number of hydrogen-bond donors (Lipinski definition) is 6. The summed E-state index contributed by atoms with van der Waals surface area (Å²) in [4.78, 5) is 99.1. The molecule has 19 nitrogen and oxygen atoms in total. The van der Waals surface area contributed by atoms with Crippen molar-refractivity contribution < 1.29 is 58.8 Å². The molecular formula is C28H28ClN7O12S2. The number of thiazole rings is 1. The maximum Gasteiger partial charge on any atom is 0.347 e. The van der Waals surface area contributed by atoms with Gasteiger partial charge in [-0.15, -0.1) is 11.3 Å². The van der Waals surface area contributed by atoms with Gasteiger partial charge in [0.2, 0.25) is 16.9 Å². The summed E-state index contributed by atoms with van der Waals surface area (Å²) in [5.74, 6) is -9.26. The van der Waals surface area contributed by atoms with Gasteiger partial charge in [0.15, 0.2) is 28.1 Å². The number of β-lactam (4-membered cyclic amide) rings is 1. The number of hydrogen-bond acceptors (Lipinski definition) is 15. The number of aliphatic carboxylic acids is 2. The number of halogens is 1. The Kier molecular flexibility index (Phi) is 10.1. The number of ketones is 2. The van der Waals surface area contributed by atoms with Gasteiger partial charge in [-0.2, -0.15) is 0 Å². The van der Waals surface area contributed by atoms with E-state index in [9.17, 15) is 54.0 Å². The van der Waals surface area contributed by atoms with Crippen molar-refractivity contribution in [1.82, 2.24) is 25.2 Å². The Bertz CT molecular complexity index is 1840. The molecule has 0 spiro atoms. The number of anilines is 1. The molecule has 5 rings (SSSR count). The van der Waals surface area contributed by atoms with Crippen molar-refractivity contribution in [2.75, 3.05) is 25.4 Å². The van der Waals surface area contributed by atoms with Gasteiger partial charge in [0.05, 0.1) is 35.0 Å². The number of aromatic nitrogens is 1. The fourth-order valence-electron chi connectivity index (χ4n) is 5.48. The number of carboxylic acid groups (broad SMARTS) is 2. The molecule has 4 heterocycles. The number of oxime groups is 1. The summed E-state index contributed by atoms with van der Waals surface area (Å²) in [5.41, 5.74) is 6.95. The molecule has 22 heteroatoms. The van der Waals surface area contributed by atoms with E-state index < -0.39 is 98.7 Å². The predicted octanol–water partition coefficient (Wildman–Crippen LogP) is 0.687. The normalized spacial score (nSPS) is 22.2. The molecule has 4 amide bonds. The Morgan fingerprint density at radius 2 is 1.92 bits per heavy atom. The molecule has 0 saturated carbocycles. The van der Waals surface area contributed by atoms with Crippen molar-refractivity contribution in [3.8, 4) is 11.5 Å². The van der Waals surface area contributed by atoms with Crippen molar-refractivity contribution >= 4 is 86.9 Å². The van der Waals surface area contributed by atoms with E-state index in [1.165, 1.54) is 10.3 Å². The van der Waals surface area contributed by atoms with Crippen LogP contribution in [0.25, 0.3) is 0 Å². The van der Waals surface area contributed by atoms with Crippen molar-refractivity contribution in [2.45, 2.75) is 42.5 Å². The van der Waals surface area contributed by atoms with Gasteiger partial charge < -0.3 is 35.9 Å². The Balaban J connectivity index is 1.30. The van der Waals surface area contributed by atoms with Crippen molar-refractivity contribution in [3.05, 3.63) is 33.8 Å². The van der Waals surface area contributed by atoms with Crippen LogP contribution in [0.15, 0.2) is 22.7 Å². The highest BCUT2D eigenvalue weighted by Gasteiger charge is 2.66. The van der Waals surface area contributed by atoms with E-state index in [2.05, 4.69) is 15.6 Å².